The van der Waals surface area contributed by atoms with Crippen LogP contribution in [0.15, 0.2) is 18.3 Å². The Morgan fingerprint density at radius 3 is 3.11 bits per heavy atom. The lowest BCUT2D eigenvalue weighted by atomic mass is 10.1. The number of nitrogens with zero attached hydrogens (tertiary/aromatic N) is 2. The first-order valence-corrected chi connectivity index (χ1v) is 6.85. The van der Waals surface area contributed by atoms with E-state index in [4.69, 9.17) is 0 Å². The van der Waals surface area contributed by atoms with Crippen LogP contribution < -0.4 is 15.5 Å². The number of carbonyl (C=O) groups is 1. The molecule has 19 heavy (non-hydrogen) atoms. The molecule has 2 atom stereocenters. The van der Waals surface area contributed by atoms with Crippen LogP contribution in [-0.2, 0) is 4.79 Å². The number of nitrogens with one attached hydrogen (secondary N) is 2. The van der Waals surface area contributed by atoms with Gasteiger partial charge in [0.2, 0.25) is 5.91 Å². The average Bonchev–Trinajstić information content (AvgIpc) is 2.46. The highest BCUT2D eigenvalue weighted by Gasteiger charge is 2.29. The van der Waals surface area contributed by atoms with E-state index in [1.54, 1.807) is 0 Å². The Kier molecular flexibility index (Phi) is 4.37. The maximum atomic E-state index is 11.9. The summed E-state index contributed by atoms with van der Waals surface area (Å²) in [6.07, 6.45) is 2.61. The molecule has 2 rings (SSSR count). The fraction of sp³-hybridized carbons (Fsp3) is 0.571. The molecule has 1 aliphatic heterocycles. The van der Waals surface area contributed by atoms with E-state index in [0.29, 0.717) is 6.54 Å². The first-order chi connectivity index (χ1) is 9.17. The molecular weight excluding hydrogens is 240 g/mol. The van der Waals surface area contributed by atoms with E-state index in [1.807, 2.05) is 26.2 Å². The van der Waals surface area contributed by atoms with Crippen molar-refractivity contribution in [3.63, 3.8) is 0 Å². The molecule has 1 amide bonds. The topological polar surface area (TPSA) is 57.3 Å². The highest BCUT2D eigenvalue weighted by atomic mass is 16.2. The Bertz CT molecular complexity index is 449. The van der Waals surface area contributed by atoms with Crippen LogP contribution in [0.5, 0.6) is 0 Å². The molecule has 2 N–H and O–H groups in total. The molecule has 0 aromatic carbocycles. The van der Waals surface area contributed by atoms with Gasteiger partial charge in [0, 0.05) is 25.3 Å². The molecule has 0 spiro atoms. The van der Waals surface area contributed by atoms with E-state index in [0.717, 1.165) is 18.8 Å². The molecule has 5 nitrogen and oxygen atoms in total. The van der Waals surface area contributed by atoms with Gasteiger partial charge in [0.15, 0.2) is 0 Å². The summed E-state index contributed by atoms with van der Waals surface area (Å²) in [6, 6.07) is 4.25. The smallest absolute Gasteiger partial charge is 0.242 e. The maximum absolute atomic E-state index is 11.9. The molecule has 2 unspecified atom stereocenters. The van der Waals surface area contributed by atoms with Gasteiger partial charge in [-0.05, 0) is 38.1 Å². The highest BCUT2D eigenvalue weighted by Crippen LogP contribution is 2.21. The second-order valence-corrected chi connectivity index (χ2v) is 4.87. The molecule has 0 saturated carbocycles. The van der Waals surface area contributed by atoms with Crippen molar-refractivity contribution in [2.45, 2.75) is 32.4 Å². The number of amides is 1. The van der Waals surface area contributed by atoms with Crippen LogP contribution in [0.3, 0.4) is 0 Å². The third-order valence-electron chi connectivity index (χ3n) is 3.71. The minimum Gasteiger partial charge on any atom is -0.353 e. The van der Waals surface area contributed by atoms with Crippen LogP contribution in [0.25, 0.3) is 0 Å². The molecule has 0 aliphatic carbocycles. The molecule has 1 saturated heterocycles. The Balaban J connectivity index is 2.27. The number of anilines is 1. The maximum Gasteiger partial charge on any atom is 0.242 e. The first-order valence-electron chi connectivity index (χ1n) is 6.85. The quantitative estimate of drug-likeness (QED) is 0.852. The summed E-state index contributed by atoms with van der Waals surface area (Å²) in [4.78, 5) is 18.4. The Hall–Kier alpha value is -1.62. The summed E-state index contributed by atoms with van der Waals surface area (Å²) in [7, 11) is 1.94. The normalized spacial score (nSPS) is 21.1. The van der Waals surface area contributed by atoms with Crippen molar-refractivity contribution in [2.75, 3.05) is 25.0 Å². The van der Waals surface area contributed by atoms with Crippen LogP contribution in [-0.4, -0.2) is 37.1 Å². The van der Waals surface area contributed by atoms with Crippen molar-refractivity contribution in [1.82, 2.24) is 15.6 Å². The summed E-state index contributed by atoms with van der Waals surface area (Å²) >= 11 is 0. The van der Waals surface area contributed by atoms with Gasteiger partial charge in [0.05, 0.1) is 0 Å². The largest absolute Gasteiger partial charge is 0.353 e. The van der Waals surface area contributed by atoms with Gasteiger partial charge >= 0.3 is 0 Å². The molecule has 1 aliphatic rings. The summed E-state index contributed by atoms with van der Waals surface area (Å²) < 4.78 is 0. The van der Waals surface area contributed by atoms with Gasteiger partial charge in [-0.25, -0.2) is 4.98 Å². The monoisotopic (exact) mass is 262 g/mol. The predicted molar refractivity (Wildman–Crippen MR) is 76.1 cm³/mol. The van der Waals surface area contributed by atoms with Gasteiger partial charge in [0.1, 0.15) is 11.9 Å². The molecule has 104 valence electrons. The Morgan fingerprint density at radius 1 is 1.63 bits per heavy atom. The van der Waals surface area contributed by atoms with E-state index in [1.165, 1.54) is 5.56 Å². The van der Waals surface area contributed by atoms with E-state index in [2.05, 4.69) is 33.5 Å². The number of piperazine rings is 1. The van der Waals surface area contributed by atoms with Crippen molar-refractivity contribution >= 4 is 11.7 Å². The number of hydrogen-bond donors (Lipinski definition) is 2. The van der Waals surface area contributed by atoms with Gasteiger partial charge in [0.25, 0.3) is 0 Å². The van der Waals surface area contributed by atoms with Crippen LogP contribution in [0, 0.1) is 0 Å². The second-order valence-electron chi connectivity index (χ2n) is 4.87. The van der Waals surface area contributed by atoms with Gasteiger partial charge in [-0.15, -0.1) is 0 Å². The number of pyridine rings is 1. The number of aromatic nitrogens is 1. The first kappa shape index (κ1) is 13.8. The van der Waals surface area contributed by atoms with Crippen molar-refractivity contribution in [3.05, 3.63) is 23.9 Å². The second kappa shape index (κ2) is 6.02. The zero-order valence-electron chi connectivity index (χ0n) is 11.8. The van der Waals surface area contributed by atoms with Gasteiger partial charge in [-0.1, -0.05) is 6.92 Å². The van der Waals surface area contributed by atoms with Crippen LogP contribution >= 0.6 is 0 Å². The molecule has 1 aromatic heterocycles. The van der Waals surface area contributed by atoms with E-state index in [9.17, 15) is 4.79 Å². The fourth-order valence-corrected chi connectivity index (χ4v) is 2.42. The number of hydrogen-bond acceptors (Lipinski definition) is 4. The molecule has 5 heteroatoms. The zero-order chi connectivity index (χ0) is 13.8. The van der Waals surface area contributed by atoms with Gasteiger partial charge in [-0.3, -0.25) is 4.79 Å². The Labute approximate surface area is 114 Å². The van der Waals surface area contributed by atoms with Crippen LogP contribution in [0.1, 0.15) is 31.9 Å². The van der Waals surface area contributed by atoms with Gasteiger partial charge < -0.3 is 15.5 Å². The number of carbonyl (C=O) groups excluding carboxylic acids is 1. The summed E-state index contributed by atoms with van der Waals surface area (Å²) in [6.45, 7) is 5.64. The lowest BCUT2D eigenvalue weighted by molar-refractivity contribution is -0.123. The summed E-state index contributed by atoms with van der Waals surface area (Å²) in [5, 5.41) is 6.13. The average molecular weight is 262 g/mol. The third-order valence-corrected chi connectivity index (χ3v) is 3.71. The van der Waals surface area contributed by atoms with Crippen molar-refractivity contribution in [3.8, 4) is 0 Å². The molecule has 1 aromatic rings. The van der Waals surface area contributed by atoms with E-state index >= 15 is 0 Å². The van der Waals surface area contributed by atoms with Crippen molar-refractivity contribution in [2.24, 2.45) is 0 Å². The molecular formula is C14H22N4O. The SMILES string of the molecule is CCC1C(=O)NCCN1c1cc(C(C)NC)ccn1. The predicted octanol–water partition coefficient (Wildman–Crippen LogP) is 1.08. The fourth-order valence-electron chi connectivity index (χ4n) is 2.42. The van der Waals surface area contributed by atoms with Crippen LogP contribution in [0.4, 0.5) is 5.82 Å². The lowest BCUT2D eigenvalue weighted by Gasteiger charge is -2.35. The summed E-state index contributed by atoms with van der Waals surface area (Å²) in [5.41, 5.74) is 1.19. The minimum absolute atomic E-state index is 0.0996. The minimum atomic E-state index is -0.110. The molecule has 1 fully saturated rings. The van der Waals surface area contributed by atoms with Crippen molar-refractivity contribution in [1.29, 1.82) is 0 Å². The highest BCUT2D eigenvalue weighted by molar-refractivity contribution is 5.86. The summed E-state index contributed by atoms with van der Waals surface area (Å²) in [5.74, 6) is 0.990. The molecule has 2 heterocycles. The standard InChI is InChI=1S/C14H22N4O/c1-4-12-14(19)17-7-8-18(12)13-9-11(5-6-16-13)10(2)15-3/h5-6,9-10,12,15H,4,7-8H2,1-3H3,(H,17,19). The van der Waals surface area contributed by atoms with Crippen LogP contribution in [0.2, 0.25) is 0 Å². The molecule has 0 bridgehead atoms. The van der Waals surface area contributed by atoms with E-state index < -0.39 is 0 Å². The lowest BCUT2D eigenvalue weighted by Crippen LogP contribution is -2.55. The van der Waals surface area contributed by atoms with E-state index in [-0.39, 0.29) is 18.0 Å². The number of rotatable bonds is 4. The van der Waals surface area contributed by atoms with Gasteiger partial charge in [-0.2, -0.15) is 0 Å². The van der Waals surface area contributed by atoms with Crippen molar-refractivity contribution < 1.29 is 4.79 Å². The zero-order valence-corrected chi connectivity index (χ0v) is 11.8. The Morgan fingerprint density at radius 2 is 2.42 bits per heavy atom. The third kappa shape index (κ3) is 2.87. The molecule has 0 radical (unpaired) electrons.